The van der Waals surface area contributed by atoms with Gasteiger partial charge in [0.25, 0.3) is 0 Å². The van der Waals surface area contributed by atoms with Gasteiger partial charge < -0.3 is 19.8 Å². The molecular formula is C16H32O4S2Sn. The SMILES string of the molecule is CC(CS)C(=O)[O-].CC(CS)C(=O)[O-].CCC[CH2][Sn+2][CH2]CCC. The average Bonchev–Trinajstić information content (AvgIpc) is 2.54. The molecule has 0 spiro atoms. The molecule has 0 aromatic heterocycles. The molecule has 0 saturated carbocycles. The van der Waals surface area contributed by atoms with Crippen LogP contribution in [0.25, 0.3) is 0 Å². The maximum atomic E-state index is 9.77. The molecule has 0 aliphatic rings. The Morgan fingerprint density at radius 1 is 0.870 bits per heavy atom. The number of hydrogen-bond donors (Lipinski definition) is 2. The van der Waals surface area contributed by atoms with Crippen LogP contribution in [0.5, 0.6) is 0 Å². The minimum atomic E-state index is -1.03. The Labute approximate surface area is 163 Å². The van der Waals surface area contributed by atoms with Gasteiger partial charge in [0.1, 0.15) is 0 Å². The van der Waals surface area contributed by atoms with Gasteiger partial charge in [-0.2, -0.15) is 25.3 Å². The summed E-state index contributed by atoms with van der Waals surface area (Å²) < 4.78 is 3.25. The van der Waals surface area contributed by atoms with E-state index in [9.17, 15) is 19.8 Å². The summed E-state index contributed by atoms with van der Waals surface area (Å²) in [6.07, 6.45) is 5.84. The number of carbonyl (C=O) groups is 2. The van der Waals surface area contributed by atoms with Gasteiger partial charge in [0.2, 0.25) is 0 Å². The number of hydrogen-bond acceptors (Lipinski definition) is 6. The molecule has 2 atom stereocenters. The van der Waals surface area contributed by atoms with Gasteiger partial charge in [0, 0.05) is 23.8 Å². The van der Waals surface area contributed by atoms with E-state index in [1.807, 2.05) is 0 Å². The number of carboxylic acid groups (broad SMARTS) is 2. The second-order valence-electron chi connectivity index (χ2n) is 5.26. The van der Waals surface area contributed by atoms with Crippen molar-refractivity contribution in [2.24, 2.45) is 11.8 Å². The van der Waals surface area contributed by atoms with E-state index in [-0.39, 0.29) is 21.1 Å². The second kappa shape index (κ2) is 22.4. The molecule has 0 bridgehead atoms. The molecule has 0 rings (SSSR count). The average molecular weight is 471 g/mol. The third-order valence-corrected chi connectivity index (χ3v) is 7.90. The fraction of sp³-hybridized carbons (Fsp3) is 0.875. The van der Waals surface area contributed by atoms with Crippen molar-refractivity contribution >= 4 is 58.3 Å². The Kier molecular flexibility index (Phi) is 27.6. The third kappa shape index (κ3) is 27.6. The maximum absolute atomic E-state index is 9.77. The van der Waals surface area contributed by atoms with Gasteiger partial charge in [0.05, 0.1) is 0 Å². The molecule has 0 aromatic carbocycles. The monoisotopic (exact) mass is 472 g/mol. The summed E-state index contributed by atoms with van der Waals surface area (Å²) in [6.45, 7) is 7.70. The molecule has 0 aliphatic heterocycles. The topological polar surface area (TPSA) is 80.3 Å². The molecule has 136 valence electrons. The van der Waals surface area contributed by atoms with E-state index in [2.05, 4.69) is 39.1 Å². The molecule has 0 saturated heterocycles. The fourth-order valence-corrected chi connectivity index (χ4v) is 5.33. The van der Waals surface area contributed by atoms with Crippen molar-refractivity contribution < 1.29 is 19.8 Å². The Morgan fingerprint density at radius 2 is 1.17 bits per heavy atom. The van der Waals surface area contributed by atoms with Gasteiger partial charge in [0.15, 0.2) is 0 Å². The molecule has 0 fully saturated rings. The van der Waals surface area contributed by atoms with Gasteiger partial charge in [-0.15, -0.1) is 0 Å². The molecule has 0 aliphatic carbocycles. The summed E-state index contributed by atoms with van der Waals surface area (Å²) in [4.78, 5) is 19.5. The molecule has 0 heterocycles. The fourth-order valence-electron chi connectivity index (χ4n) is 0.878. The van der Waals surface area contributed by atoms with Gasteiger partial charge in [-0.3, -0.25) is 0 Å². The molecule has 0 aromatic rings. The summed E-state index contributed by atoms with van der Waals surface area (Å²) in [5.74, 6) is -2.22. The molecule has 4 nitrogen and oxygen atoms in total. The normalized spacial score (nSPS) is 11.7. The third-order valence-electron chi connectivity index (χ3n) is 2.77. The van der Waals surface area contributed by atoms with Crippen LogP contribution in [0.3, 0.4) is 0 Å². The molecule has 2 unspecified atom stereocenters. The Balaban J connectivity index is -0.000000264. The zero-order valence-corrected chi connectivity index (χ0v) is 19.5. The van der Waals surface area contributed by atoms with Crippen molar-refractivity contribution in [1.29, 1.82) is 0 Å². The van der Waals surface area contributed by atoms with Crippen LogP contribution in [0.15, 0.2) is 0 Å². The number of thiol groups is 2. The first-order valence-electron chi connectivity index (χ1n) is 8.12. The first-order valence-corrected chi connectivity index (χ1v) is 13.4. The number of rotatable bonds is 10. The second-order valence-corrected chi connectivity index (χ2v) is 10.3. The van der Waals surface area contributed by atoms with Crippen LogP contribution >= 0.6 is 25.3 Å². The van der Waals surface area contributed by atoms with Gasteiger partial charge >= 0.3 is 69.5 Å². The molecule has 23 heavy (non-hydrogen) atoms. The van der Waals surface area contributed by atoms with Crippen molar-refractivity contribution in [2.45, 2.75) is 62.3 Å². The summed E-state index contributed by atoms with van der Waals surface area (Å²) in [6, 6.07) is 0. The zero-order chi connectivity index (χ0) is 18.7. The van der Waals surface area contributed by atoms with E-state index in [1.165, 1.54) is 25.7 Å². The standard InChI is InChI=1S/2C4H8O2S.2C4H9.Sn/c2*1-3(2-7)4(5)6;2*1-3-4-2;/h2*3,7H,2H2,1H3,(H,5,6);2*1,3-4H2,2H3;/q;;;;+2/p-2. The van der Waals surface area contributed by atoms with Crippen LogP contribution in [0.4, 0.5) is 0 Å². The van der Waals surface area contributed by atoms with Crippen molar-refractivity contribution in [1.82, 2.24) is 0 Å². The quantitative estimate of drug-likeness (QED) is 0.289. The Hall–Kier alpha value is 0.439. The molecule has 7 heteroatoms. The van der Waals surface area contributed by atoms with Crippen molar-refractivity contribution in [2.75, 3.05) is 11.5 Å². The van der Waals surface area contributed by atoms with E-state index >= 15 is 0 Å². The van der Waals surface area contributed by atoms with Crippen LogP contribution in [-0.2, 0) is 9.59 Å². The van der Waals surface area contributed by atoms with E-state index in [0.717, 1.165) is 0 Å². The van der Waals surface area contributed by atoms with Crippen LogP contribution in [0.1, 0.15) is 53.4 Å². The number of aliphatic carboxylic acids is 2. The summed E-state index contributed by atoms with van der Waals surface area (Å²) in [7, 11) is 0. The van der Waals surface area contributed by atoms with Crippen molar-refractivity contribution in [3.05, 3.63) is 0 Å². The van der Waals surface area contributed by atoms with E-state index in [1.54, 1.807) is 22.7 Å². The zero-order valence-electron chi connectivity index (χ0n) is 14.8. The van der Waals surface area contributed by atoms with Gasteiger partial charge in [-0.25, -0.2) is 0 Å². The van der Waals surface area contributed by atoms with E-state index < -0.39 is 23.8 Å². The first kappa shape index (κ1) is 28.3. The van der Waals surface area contributed by atoms with Gasteiger partial charge in [-0.05, 0) is 11.5 Å². The first-order chi connectivity index (χ1) is 10.8. The summed E-state index contributed by atoms with van der Waals surface area (Å²) in [5, 5.41) is 19.5. The molecular weight excluding hydrogens is 439 g/mol. The molecule has 0 amide bonds. The van der Waals surface area contributed by atoms with E-state index in [4.69, 9.17) is 0 Å². The minimum absolute atomic E-state index is 0.149. The van der Waals surface area contributed by atoms with Crippen molar-refractivity contribution in [3.63, 3.8) is 0 Å². The molecule has 0 radical (unpaired) electrons. The van der Waals surface area contributed by atoms with E-state index in [0.29, 0.717) is 11.5 Å². The van der Waals surface area contributed by atoms with Crippen LogP contribution in [-0.4, -0.2) is 44.6 Å². The van der Waals surface area contributed by atoms with Crippen LogP contribution in [0.2, 0.25) is 8.87 Å². The summed E-state index contributed by atoms with van der Waals surface area (Å²) >= 11 is 7.62. The predicted molar refractivity (Wildman–Crippen MR) is 101 cm³/mol. The van der Waals surface area contributed by atoms with Gasteiger partial charge in [-0.1, -0.05) is 13.8 Å². The van der Waals surface area contributed by atoms with Crippen LogP contribution < -0.4 is 10.2 Å². The van der Waals surface area contributed by atoms with Crippen LogP contribution in [0, 0.1) is 11.8 Å². The molecule has 0 N–H and O–H groups in total. The van der Waals surface area contributed by atoms with Crippen molar-refractivity contribution in [3.8, 4) is 0 Å². The Bertz CT molecular complexity index is 253. The summed E-state index contributed by atoms with van der Waals surface area (Å²) in [5.41, 5.74) is 0. The number of unbranched alkanes of at least 4 members (excludes halogenated alkanes) is 2. The predicted octanol–water partition coefficient (Wildman–Crippen LogP) is 1.73. The number of carboxylic acids is 2. The number of carbonyl (C=O) groups excluding carboxylic acids is 2. The Morgan fingerprint density at radius 3 is 1.30 bits per heavy atom.